The molecule has 37 heavy (non-hydrogen) atoms. The number of anilines is 1. The molecule has 7 rings (SSSR count). The van der Waals surface area contributed by atoms with Gasteiger partial charge < -0.3 is 14.5 Å². The average molecular weight is 505 g/mol. The SMILES string of the molecule is COc1ccccc1N1CCN(C(=O)[C@@H]2CN3CC[C@H]2C[C@@H]3Cn2cc(-c3ccc(F)cc3)nn2)CC1. The Bertz CT molecular complexity index is 1240. The molecule has 4 aliphatic rings. The second kappa shape index (κ2) is 10.1. The summed E-state index contributed by atoms with van der Waals surface area (Å²) in [7, 11) is 1.70. The molecule has 9 heteroatoms. The highest BCUT2D eigenvalue weighted by atomic mass is 19.1. The Morgan fingerprint density at radius 3 is 2.57 bits per heavy atom. The van der Waals surface area contributed by atoms with E-state index in [1.54, 1.807) is 19.2 Å². The largest absolute Gasteiger partial charge is 0.495 e. The van der Waals surface area contributed by atoms with Crippen LogP contribution in [0.3, 0.4) is 0 Å². The van der Waals surface area contributed by atoms with Gasteiger partial charge in [0.05, 0.1) is 31.5 Å². The van der Waals surface area contributed by atoms with E-state index < -0.39 is 0 Å². The lowest BCUT2D eigenvalue weighted by molar-refractivity contribution is -0.144. The number of halogens is 1. The number of amides is 1. The van der Waals surface area contributed by atoms with Gasteiger partial charge in [-0.05, 0) is 61.7 Å². The van der Waals surface area contributed by atoms with Crippen LogP contribution >= 0.6 is 0 Å². The summed E-state index contributed by atoms with van der Waals surface area (Å²) in [5.41, 5.74) is 2.70. The molecule has 1 unspecified atom stereocenters. The zero-order chi connectivity index (χ0) is 25.4. The maximum atomic E-state index is 13.6. The number of aromatic nitrogens is 3. The first kappa shape index (κ1) is 23.9. The van der Waals surface area contributed by atoms with Crippen molar-refractivity contribution in [3.63, 3.8) is 0 Å². The van der Waals surface area contributed by atoms with Gasteiger partial charge in [0.25, 0.3) is 0 Å². The molecule has 2 aromatic carbocycles. The van der Waals surface area contributed by atoms with E-state index in [4.69, 9.17) is 4.74 Å². The minimum absolute atomic E-state index is 0.0772. The van der Waals surface area contributed by atoms with Crippen LogP contribution in [0.25, 0.3) is 11.3 Å². The van der Waals surface area contributed by atoms with E-state index in [1.807, 2.05) is 29.1 Å². The van der Waals surface area contributed by atoms with Crippen molar-refractivity contribution in [2.75, 3.05) is 51.3 Å². The minimum Gasteiger partial charge on any atom is -0.495 e. The van der Waals surface area contributed by atoms with Gasteiger partial charge in [0.15, 0.2) is 0 Å². The zero-order valence-corrected chi connectivity index (χ0v) is 21.2. The molecule has 0 N–H and O–H groups in total. The lowest BCUT2D eigenvalue weighted by atomic mass is 9.75. The Kier molecular flexibility index (Phi) is 6.54. The molecule has 2 bridgehead atoms. The summed E-state index contributed by atoms with van der Waals surface area (Å²) in [5.74, 6) is 1.42. The molecule has 4 saturated heterocycles. The van der Waals surface area contributed by atoms with E-state index in [0.29, 0.717) is 17.9 Å². The van der Waals surface area contributed by atoms with Crippen molar-refractivity contribution in [2.24, 2.45) is 11.8 Å². The maximum Gasteiger partial charge on any atom is 0.227 e. The molecule has 1 aromatic heterocycles. The van der Waals surface area contributed by atoms with Gasteiger partial charge in [-0.2, -0.15) is 0 Å². The number of piperidine rings is 3. The van der Waals surface area contributed by atoms with Crippen molar-refractivity contribution in [1.82, 2.24) is 24.8 Å². The number of benzene rings is 2. The highest BCUT2D eigenvalue weighted by Gasteiger charge is 2.44. The summed E-state index contributed by atoms with van der Waals surface area (Å²) < 4.78 is 20.7. The molecule has 5 heterocycles. The number of hydrogen-bond donors (Lipinski definition) is 0. The summed E-state index contributed by atoms with van der Waals surface area (Å²) in [6.45, 7) is 5.73. The number of carbonyl (C=O) groups is 1. The van der Waals surface area contributed by atoms with Gasteiger partial charge in [0, 0.05) is 44.3 Å². The van der Waals surface area contributed by atoms with Gasteiger partial charge in [-0.3, -0.25) is 14.4 Å². The number of methoxy groups -OCH3 is 1. The van der Waals surface area contributed by atoms with Crippen molar-refractivity contribution in [2.45, 2.75) is 25.4 Å². The van der Waals surface area contributed by atoms with Gasteiger partial charge in [-0.15, -0.1) is 5.10 Å². The van der Waals surface area contributed by atoms with E-state index in [-0.39, 0.29) is 11.7 Å². The van der Waals surface area contributed by atoms with Crippen molar-refractivity contribution >= 4 is 11.6 Å². The second-order valence-electron chi connectivity index (χ2n) is 10.4. The molecule has 4 fully saturated rings. The topological polar surface area (TPSA) is 66.7 Å². The summed E-state index contributed by atoms with van der Waals surface area (Å²) in [6, 6.07) is 14.8. The Morgan fingerprint density at radius 1 is 1.05 bits per heavy atom. The molecule has 1 amide bonds. The summed E-state index contributed by atoms with van der Waals surface area (Å²) >= 11 is 0. The van der Waals surface area contributed by atoms with E-state index in [2.05, 4.69) is 31.1 Å². The maximum absolute atomic E-state index is 13.6. The van der Waals surface area contributed by atoms with Gasteiger partial charge in [-0.1, -0.05) is 17.3 Å². The molecular weight excluding hydrogens is 471 g/mol. The fourth-order valence-corrected chi connectivity index (χ4v) is 6.26. The first-order chi connectivity index (χ1) is 18.1. The molecule has 0 aliphatic carbocycles. The third-order valence-corrected chi connectivity index (χ3v) is 8.29. The highest BCUT2D eigenvalue weighted by Crippen LogP contribution is 2.38. The lowest BCUT2D eigenvalue weighted by Gasteiger charge is -2.50. The van der Waals surface area contributed by atoms with Crippen LogP contribution < -0.4 is 9.64 Å². The molecule has 8 nitrogen and oxygen atoms in total. The first-order valence-corrected chi connectivity index (χ1v) is 13.2. The normalized spacial score (nSPS) is 25.4. The molecule has 0 spiro atoms. The van der Waals surface area contributed by atoms with Crippen LogP contribution in [-0.2, 0) is 11.3 Å². The minimum atomic E-state index is -0.260. The number of carbonyl (C=O) groups excluding carboxylic acids is 1. The number of nitrogens with zero attached hydrogens (tertiary/aromatic N) is 6. The summed E-state index contributed by atoms with van der Waals surface area (Å²) in [5, 5.41) is 8.61. The number of hydrogen-bond acceptors (Lipinski definition) is 6. The quantitative estimate of drug-likeness (QED) is 0.514. The molecule has 0 radical (unpaired) electrons. The predicted molar refractivity (Wildman–Crippen MR) is 139 cm³/mol. The fourth-order valence-electron chi connectivity index (χ4n) is 6.26. The number of piperazine rings is 1. The Balaban J connectivity index is 1.05. The van der Waals surface area contributed by atoms with E-state index in [9.17, 15) is 9.18 Å². The average Bonchev–Trinajstić information content (AvgIpc) is 3.42. The monoisotopic (exact) mass is 504 g/mol. The fraction of sp³-hybridized carbons (Fsp3) is 0.464. The molecule has 0 saturated carbocycles. The number of ether oxygens (including phenoxy) is 1. The van der Waals surface area contributed by atoms with Crippen LogP contribution in [0.5, 0.6) is 5.75 Å². The van der Waals surface area contributed by atoms with Crippen LogP contribution in [0.1, 0.15) is 12.8 Å². The van der Waals surface area contributed by atoms with E-state index in [1.165, 1.54) is 12.1 Å². The van der Waals surface area contributed by atoms with E-state index >= 15 is 0 Å². The van der Waals surface area contributed by atoms with Crippen molar-refractivity contribution in [3.8, 4) is 17.0 Å². The standard InChI is InChI=1S/C28H33FN6O2/c1-37-27-5-3-2-4-26(27)32-12-14-33(15-13-32)28(36)24-18-34-11-10-21(24)16-23(34)17-35-19-25(30-31-35)20-6-8-22(29)9-7-20/h2-9,19,21,23-24H,10-18H2,1H3/t21-,23+,24+/m0/s1. The number of para-hydroxylation sites is 2. The third-order valence-electron chi connectivity index (χ3n) is 8.29. The van der Waals surface area contributed by atoms with Crippen LogP contribution in [0.15, 0.2) is 54.7 Å². The van der Waals surface area contributed by atoms with Crippen LogP contribution in [0.2, 0.25) is 0 Å². The molecule has 194 valence electrons. The van der Waals surface area contributed by atoms with Gasteiger partial charge in [0.2, 0.25) is 5.91 Å². The van der Waals surface area contributed by atoms with Crippen molar-refractivity contribution < 1.29 is 13.9 Å². The smallest absolute Gasteiger partial charge is 0.227 e. The number of fused-ring (bicyclic) bond motifs is 3. The van der Waals surface area contributed by atoms with Crippen molar-refractivity contribution in [3.05, 3.63) is 60.5 Å². The van der Waals surface area contributed by atoms with E-state index in [0.717, 1.165) is 81.3 Å². The second-order valence-corrected chi connectivity index (χ2v) is 10.4. The third kappa shape index (κ3) is 4.80. The van der Waals surface area contributed by atoms with Gasteiger partial charge in [0.1, 0.15) is 17.3 Å². The summed E-state index contributed by atoms with van der Waals surface area (Å²) in [4.78, 5) is 20.4. The first-order valence-electron chi connectivity index (χ1n) is 13.2. The predicted octanol–water partition coefficient (Wildman–Crippen LogP) is 3.15. The lowest BCUT2D eigenvalue weighted by Crippen LogP contribution is -2.60. The van der Waals surface area contributed by atoms with Crippen LogP contribution in [0, 0.1) is 17.7 Å². The molecule has 4 aliphatic heterocycles. The molecule has 3 aromatic rings. The Morgan fingerprint density at radius 2 is 1.84 bits per heavy atom. The van der Waals surface area contributed by atoms with Gasteiger partial charge in [-0.25, -0.2) is 4.39 Å². The summed E-state index contributed by atoms with van der Waals surface area (Å²) in [6.07, 6.45) is 4.01. The molecular formula is C28H33FN6O2. The van der Waals surface area contributed by atoms with Crippen LogP contribution in [-0.4, -0.2) is 83.1 Å². The highest BCUT2D eigenvalue weighted by molar-refractivity contribution is 5.80. The Labute approximate surface area is 216 Å². The van der Waals surface area contributed by atoms with Crippen molar-refractivity contribution in [1.29, 1.82) is 0 Å². The zero-order valence-electron chi connectivity index (χ0n) is 21.2. The van der Waals surface area contributed by atoms with Gasteiger partial charge >= 0.3 is 0 Å². The number of rotatable bonds is 6. The molecule has 4 atom stereocenters. The van der Waals surface area contributed by atoms with Crippen LogP contribution in [0.4, 0.5) is 10.1 Å². The Hall–Kier alpha value is -3.46.